The number of benzene rings is 7. The molecule has 9 aromatic rings. The van der Waals surface area contributed by atoms with Gasteiger partial charge in [-0.25, -0.2) is 14.9 Å². The smallest absolute Gasteiger partial charge is 0.352 e. The Bertz CT molecular complexity index is 2660. The fourth-order valence-electron chi connectivity index (χ4n) is 8.13. The average Bonchev–Trinajstić information content (AvgIpc) is 3.75. The van der Waals surface area contributed by atoms with Crippen LogP contribution in [-0.2, 0) is 0 Å². The number of aromatic nitrogens is 4. The monoisotopic (exact) mass is 645 g/mol. The van der Waals surface area contributed by atoms with Gasteiger partial charge in [0.15, 0.2) is 0 Å². The van der Waals surface area contributed by atoms with Crippen molar-refractivity contribution >= 4 is 69.2 Å². The van der Waals surface area contributed by atoms with E-state index < -0.39 is 8.40 Å². The number of hydrogen-bond acceptors (Lipinski definition) is 4. The van der Waals surface area contributed by atoms with Gasteiger partial charge in [0.1, 0.15) is 11.5 Å². The maximum atomic E-state index is 6.71. The van der Waals surface area contributed by atoms with Crippen LogP contribution in [0.2, 0.25) is 0 Å². The van der Waals surface area contributed by atoms with Gasteiger partial charge in [0, 0.05) is 21.3 Å². The van der Waals surface area contributed by atoms with Gasteiger partial charge >= 0.3 is 8.40 Å². The van der Waals surface area contributed by atoms with Crippen LogP contribution in [0.25, 0.3) is 44.0 Å². The zero-order valence-corrected chi connectivity index (χ0v) is 27.2. The van der Waals surface area contributed by atoms with Gasteiger partial charge in [-0.3, -0.25) is 0 Å². The number of hydrogen-bond donors (Lipinski definition) is 0. The van der Waals surface area contributed by atoms with E-state index in [4.69, 9.17) is 14.7 Å². The van der Waals surface area contributed by atoms with Gasteiger partial charge in [0.05, 0.1) is 27.8 Å². The third-order valence-electron chi connectivity index (χ3n) is 10.1. The molecule has 6 nitrogen and oxygen atoms in total. The third-order valence-corrected chi connectivity index (χ3v) is 14.6. The van der Waals surface area contributed by atoms with E-state index in [2.05, 4.69) is 177 Å². The van der Waals surface area contributed by atoms with E-state index in [-0.39, 0.29) is 0 Å². The van der Waals surface area contributed by atoms with E-state index in [1.165, 1.54) is 0 Å². The first kappa shape index (κ1) is 26.6. The van der Waals surface area contributed by atoms with Gasteiger partial charge in [-0.2, -0.15) is 0 Å². The van der Waals surface area contributed by atoms with Crippen molar-refractivity contribution in [2.24, 2.45) is 0 Å². The SMILES string of the molecule is c1ccc(-c2ccc3ccccc3c2N2c3nc4ccccc4n3[Si]3(c4ccccc4Oc4ccccc43)n3c2nc2ccccc23)cc1. The Labute approximate surface area is 282 Å². The summed E-state index contributed by atoms with van der Waals surface area (Å²) >= 11 is 0. The Morgan fingerprint density at radius 3 is 1.65 bits per heavy atom. The standard InChI is InChI=1S/C42H27N5OSi/c1-2-14-28(15-3-1)31-27-26-29-16-4-5-17-30(29)40(31)45-41-43-32-18-6-8-20-34(32)46(41)49(47-35-21-9-7-19-33(35)44-42(45)47)38-24-12-10-22-36(38)48-37-23-11-13-25-39(37)49/h1-27H. The fourth-order valence-corrected chi connectivity index (χ4v) is 13.2. The molecule has 4 heterocycles. The lowest BCUT2D eigenvalue weighted by Crippen LogP contribution is -2.73. The number of rotatable bonds is 2. The Morgan fingerprint density at radius 1 is 0.469 bits per heavy atom. The van der Waals surface area contributed by atoms with E-state index >= 15 is 0 Å². The van der Waals surface area contributed by atoms with Crippen molar-refractivity contribution in [2.45, 2.75) is 0 Å². The molecule has 0 bridgehead atoms. The summed E-state index contributed by atoms with van der Waals surface area (Å²) in [5, 5.41) is 4.60. The van der Waals surface area contributed by atoms with E-state index in [1.54, 1.807) is 0 Å². The van der Waals surface area contributed by atoms with Crippen LogP contribution in [0.5, 0.6) is 11.5 Å². The topological polar surface area (TPSA) is 48.1 Å². The molecule has 2 aliphatic heterocycles. The molecule has 2 aliphatic rings. The summed E-state index contributed by atoms with van der Waals surface area (Å²) in [6.45, 7) is 0. The third kappa shape index (κ3) is 3.44. The van der Waals surface area contributed by atoms with Gasteiger partial charge < -0.3 is 13.2 Å². The number of para-hydroxylation sites is 6. The van der Waals surface area contributed by atoms with Gasteiger partial charge in [-0.05, 0) is 47.3 Å². The predicted octanol–water partition coefficient (Wildman–Crippen LogP) is 8.75. The maximum absolute atomic E-state index is 6.71. The second-order valence-corrected chi connectivity index (χ2v) is 15.9. The summed E-state index contributed by atoms with van der Waals surface area (Å²) < 4.78 is 11.8. The molecule has 0 aliphatic carbocycles. The second kappa shape index (κ2) is 9.79. The minimum atomic E-state index is -3.27. The number of ether oxygens (including phenoxy) is 1. The number of fused-ring (bicyclic) bond motifs is 13. The Hall–Kier alpha value is -6.44. The number of nitrogens with zero attached hydrogens (tertiary/aromatic N) is 5. The first-order chi connectivity index (χ1) is 24.3. The molecule has 0 amide bonds. The lowest BCUT2D eigenvalue weighted by atomic mass is 9.97. The highest BCUT2D eigenvalue weighted by Gasteiger charge is 2.57. The van der Waals surface area contributed by atoms with Crippen LogP contribution in [0.15, 0.2) is 164 Å². The van der Waals surface area contributed by atoms with Crippen LogP contribution >= 0.6 is 0 Å². The van der Waals surface area contributed by atoms with Crippen molar-refractivity contribution in [2.75, 3.05) is 4.90 Å². The minimum absolute atomic E-state index is 0.843. The molecule has 7 heteroatoms. The molecule has 11 rings (SSSR count). The highest BCUT2D eigenvalue weighted by molar-refractivity contribution is 7.02. The van der Waals surface area contributed by atoms with Gasteiger partial charge in [-0.15, -0.1) is 0 Å². The van der Waals surface area contributed by atoms with E-state index in [0.29, 0.717) is 0 Å². The molecule has 230 valence electrons. The van der Waals surface area contributed by atoms with Crippen LogP contribution in [0.3, 0.4) is 0 Å². The molecule has 0 N–H and O–H groups in total. The molecular weight excluding hydrogens is 619 g/mol. The summed E-state index contributed by atoms with van der Waals surface area (Å²) in [7, 11) is -3.27. The van der Waals surface area contributed by atoms with Crippen molar-refractivity contribution in [1.82, 2.24) is 18.4 Å². The van der Waals surface area contributed by atoms with E-state index in [0.717, 1.165) is 83.4 Å². The zero-order valence-electron chi connectivity index (χ0n) is 26.2. The largest absolute Gasteiger partial charge is 0.457 e. The molecule has 0 radical (unpaired) electrons. The lowest BCUT2D eigenvalue weighted by Gasteiger charge is -2.46. The first-order valence-corrected chi connectivity index (χ1v) is 18.4. The summed E-state index contributed by atoms with van der Waals surface area (Å²) in [6, 6.07) is 57.9. The van der Waals surface area contributed by atoms with E-state index in [9.17, 15) is 0 Å². The predicted molar refractivity (Wildman–Crippen MR) is 199 cm³/mol. The summed E-state index contributed by atoms with van der Waals surface area (Å²) in [5.41, 5.74) is 7.32. The molecule has 49 heavy (non-hydrogen) atoms. The normalized spacial score (nSPS) is 14.0. The summed E-state index contributed by atoms with van der Waals surface area (Å²) in [6.07, 6.45) is 0. The molecule has 0 unspecified atom stereocenters. The molecule has 0 atom stereocenters. The van der Waals surface area contributed by atoms with Gasteiger partial charge in [0.25, 0.3) is 0 Å². The fraction of sp³-hybridized carbons (Fsp3) is 0. The molecule has 0 saturated carbocycles. The number of anilines is 3. The first-order valence-electron chi connectivity index (χ1n) is 16.5. The maximum Gasteiger partial charge on any atom is 0.352 e. The molecule has 2 aromatic heterocycles. The molecule has 1 spiro atoms. The van der Waals surface area contributed by atoms with E-state index in [1.807, 2.05) is 0 Å². The molecule has 7 aromatic carbocycles. The van der Waals surface area contributed by atoms with Crippen LogP contribution in [0, 0.1) is 0 Å². The van der Waals surface area contributed by atoms with Crippen LogP contribution in [0.4, 0.5) is 17.6 Å². The van der Waals surface area contributed by atoms with Gasteiger partial charge in [0.2, 0.25) is 11.9 Å². The lowest BCUT2D eigenvalue weighted by molar-refractivity contribution is 0.485. The molecule has 0 fully saturated rings. The minimum Gasteiger partial charge on any atom is -0.457 e. The molecular formula is C42H27N5OSi. The van der Waals surface area contributed by atoms with Crippen LogP contribution in [0.1, 0.15) is 0 Å². The van der Waals surface area contributed by atoms with Gasteiger partial charge in [-0.1, -0.05) is 127 Å². The van der Waals surface area contributed by atoms with Crippen molar-refractivity contribution in [1.29, 1.82) is 0 Å². The van der Waals surface area contributed by atoms with Crippen molar-refractivity contribution < 1.29 is 4.74 Å². The van der Waals surface area contributed by atoms with Crippen LogP contribution in [-0.4, -0.2) is 26.8 Å². The highest BCUT2D eigenvalue weighted by atomic mass is 28.3. The zero-order chi connectivity index (χ0) is 32.1. The van der Waals surface area contributed by atoms with Crippen LogP contribution < -0.4 is 20.0 Å². The highest BCUT2D eigenvalue weighted by Crippen LogP contribution is 2.50. The Kier molecular flexibility index (Phi) is 5.32. The number of imidazole rings is 2. The van der Waals surface area contributed by atoms with Crippen molar-refractivity contribution in [3.63, 3.8) is 0 Å². The Balaban J connectivity index is 1.39. The second-order valence-electron chi connectivity index (χ2n) is 12.6. The average molecular weight is 646 g/mol. The quantitative estimate of drug-likeness (QED) is 0.177. The Morgan fingerprint density at radius 2 is 1.00 bits per heavy atom. The van der Waals surface area contributed by atoms with Crippen molar-refractivity contribution in [3.05, 3.63) is 164 Å². The summed E-state index contributed by atoms with van der Waals surface area (Å²) in [4.78, 5) is 13.4. The molecule has 0 saturated heterocycles. The van der Waals surface area contributed by atoms with Crippen molar-refractivity contribution in [3.8, 4) is 22.6 Å². The summed E-state index contributed by atoms with van der Waals surface area (Å²) in [5.74, 6) is 3.42.